The predicted molar refractivity (Wildman–Crippen MR) is 52.1 cm³/mol. The van der Waals surface area contributed by atoms with Crippen molar-refractivity contribution in [3.8, 4) is 0 Å². The van der Waals surface area contributed by atoms with Crippen LogP contribution in [0.2, 0.25) is 0 Å². The molecule has 0 saturated carbocycles. The molecule has 0 aromatic heterocycles. The van der Waals surface area contributed by atoms with Crippen LogP contribution in [0.5, 0.6) is 0 Å². The quantitative estimate of drug-likeness (QED) is 0.471. The van der Waals surface area contributed by atoms with E-state index >= 15 is 0 Å². The number of likely N-dealkylation sites (tertiary alicyclic amines) is 1. The number of nitrogens with zero attached hydrogens (tertiary/aromatic N) is 2. The van der Waals surface area contributed by atoms with E-state index in [0.29, 0.717) is 0 Å². The van der Waals surface area contributed by atoms with Gasteiger partial charge in [0, 0.05) is 19.6 Å². The van der Waals surface area contributed by atoms with Gasteiger partial charge in [-0.1, -0.05) is 6.92 Å². The van der Waals surface area contributed by atoms with Gasteiger partial charge >= 0.3 is 0 Å². The molecule has 1 fully saturated rings. The van der Waals surface area contributed by atoms with Crippen LogP contribution in [0.25, 0.3) is 0 Å². The minimum absolute atomic E-state index is 0.726. The third kappa shape index (κ3) is 2.40. The summed E-state index contributed by atoms with van der Waals surface area (Å²) in [5.74, 6) is 1.49. The lowest BCUT2D eigenvalue weighted by molar-refractivity contribution is 0.270. The Bertz CT molecular complexity index is 165. The minimum Gasteiger partial charge on any atom is -0.370 e. The Morgan fingerprint density at radius 2 is 2.42 bits per heavy atom. The average molecular weight is 169 g/mol. The third-order valence-electron chi connectivity index (χ3n) is 2.30. The van der Waals surface area contributed by atoms with Crippen molar-refractivity contribution >= 4 is 5.96 Å². The van der Waals surface area contributed by atoms with Gasteiger partial charge in [0.1, 0.15) is 0 Å². The van der Waals surface area contributed by atoms with Crippen molar-refractivity contribution in [2.45, 2.75) is 26.7 Å². The number of hydrogen-bond donors (Lipinski definition) is 1. The molecule has 3 heteroatoms. The van der Waals surface area contributed by atoms with Crippen LogP contribution in [0.15, 0.2) is 4.99 Å². The molecule has 0 aromatic rings. The van der Waals surface area contributed by atoms with Gasteiger partial charge in [-0.3, -0.25) is 4.99 Å². The molecule has 0 aliphatic carbocycles. The van der Waals surface area contributed by atoms with Gasteiger partial charge in [0.05, 0.1) is 0 Å². The van der Waals surface area contributed by atoms with E-state index < -0.39 is 0 Å². The lowest BCUT2D eigenvalue weighted by Gasteiger charge is -2.31. The van der Waals surface area contributed by atoms with E-state index in [9.17, 15) is 0 Å². The van der Waals surface area contributed by atoms with Crippen LogP contribution >= 0.6 is 0 Å². The number of nitrogens with two attached hydrogens (primary N) is 1. The molecule has 1 atom stereocenters. The normalized spacial score (nSPS) is 26.0. The molecule has 1 heterocycles. The monoisotopic (exact) mass is 169 g/mol. The molecule has 0 bridgehead atoms. The minimum atomic E-state index is 0.726. The van der Waals surface area contributed by atoms with Crippen LogP contribution < -0.4 is 5.73 Å². The topological polar surface area (TPSA) is 41.6 Å². The highest BCUT2D eigenvalue weighted by molar-refractivity contribution is 5.78. The molecule has 70 valence electrons. The van der Waals surface area contributed by atoms with Gasteiger partial charge in [0.25, 0.3) is 0 Å². The highest BCUT2D eigenvalue weighted by Gasteiger charge is 2.16. The van der Waals surface area contributed by atoms with Gasteiger partial charge < -0.3 is 10.6 Å². The van der Waals surface area contributed by atoms with E-state index in [2.05, 4.69) is 16.8 Å². The van der Waals surface area contributed by atoms with Gasteiger partial charge in [-0.25, -0.2) is 0 Å². The van der Waals surface area contributed by atoms with Crippen molar-refractivity contribution in [2.75, 3.05) is 19.6 Å². The molecule has 0 spiro atoms. The summed E-state index contributed by atoms with van der Waals surface area (Å²) in [5, 5.41) is 0. The fourth-order valence-corrected chi connectivity index (χ4v) is 1.66. The summed E-state index contributed by atoms with van der Waals surface area (Å²) in [5.41, 5.74) is 5.80. The lowest BCUT2D eigenvalue weighted by atomic mass is 10.0. The number of piperidine rings is 1. The Labute approximate surface area is 74.6 Å². The van der Waals surface area contributed by atoms with Gasteiger partial charge in [0.15, 0.2) is 5.96 Å². The summed E-state index contributed by atoms with van der Waals surface area (Å²) in [4.78, 5) is 6.40. The van der Waals surface area contributed by atoms with E-state index in [0.717, 1.165) is 31.5 Å². The van der Waals surface area contributed by atoms with Crippen LogP contribution in [0.4, 0.5) is 0 Å². The standard InChI is InChI=1S/C9H19N3/c1-3-11-9(10)12-6-4-5-8(2)7-12/h8H,3-7H2,1-2H3,(H2,10,11). The molecule has 2 N–H and O–H groups in total. The first-order chi connectivity index (χ1) is 5.74. The second kappa shape index (κ2) is 4.33. The van der Waals surface area contributed by atoms with E-state index in [1.807, 2.05) is 6.92 Å². The average Bonchev–Trinajstić information content (AvgIpc) is 2.05. The van der Waals surface area contributed by atoms with Crippen molar-refractivity contribution in [1.29, 1.82) is 0 Å². The largest absolute Gasteiger partial charge is 0.370 e. The molecular formula is C9H19N3. The zero-order chi connectivity index (χ0) is 8.97. The highest BCUT2D eigenvalue weighted by Crippen LogP contribution is 2.14. The highest BCUT2D eigenvalue weighted by atomic mass is 15.3. The molecule has 1 rings (SSSR count). The van der Waals surface area contributed by atoms with Crippen molar-refractivity contribution in [1.82, 2.24) is 4.90 Å². The zero-order valence-electron chi connectivity index (χ0n) is 8.08. The number of aliphatic imine (C=N–C) groups is 1. The van der Waals surface area contributed by atoms with Crippen LogP contribution in [-0.4, -0.2) is 30.5 Å². The van der Waals surface area contributed by atoms with Crippen LogP contribution in [0.3, 0.4) is 0 Å². The Balaban J connectivity index is 2.45. The van der Waals surface area contributed by atoms with Crippen molar-refractivity contribution in [3.63, 3.8) is 0 Å². The number of guanidine groups is 1. The van der Waals surface area contributed by atoms with Crippen molar-refractivity contribution in [3.05, 3.63) is 0 Å². The fraction of sp³-hybridized carbons (Fsp3) is 0.889. The second-order valence-electron chi connectivity index (χ2n) is 3.53. The lowest BCUT2D eigenvalue weighted by Crippen LogP contribution is -2.43. The van der Waals surface area contributed by atoms with E-state index in [1.54, 1.807) is 0 Å². The summed E-state index contributed by atoms with van der Waals surface area (Å²) in [7, 11) is 0. The molecule has 0 aromatic carbocycles. The molecule has 1 aliphatic heterocycles. The maximum absolute atomic E-state index is 5.80. The Morgan fingerprint density at radius 3 is 3.00 bits per heavy atom. The molecule has 12 heavy (non-hydrogen) atoms. The predicted octanol–water partition coefficient (Wildman–Crippen LogP) is 1.05. The summed E-state index contributed by atoms with van der Waals surface area (Å²) in [6, 6.07) is 0. The SMILES string of the molecule is CCN=C(N)N1CCCC(C)C1. The Morgan fingerprint density at radius 1 is 1.67 bits per heavy atom. The second-order valence-corrected chi connectivity index (χ2v) is 3.53. The maximum Gasteiger partial charge on any atom is 0.191 e. The van der Waals surface area contributed by atoms with E-state index in [4.69, 9.17) is 5.73 Å². The van der Waals surface area contributed by atoms with Crippen LogP contribution in [0, 0.1) is 5.92 Å². The van der Waals surface area contributed by atoms with Crippen LogP contribution in [0.1, 0.15) is 26.7 Å². The van der Waals surface area contributed by atoms with Gasteiger partial charge in [-0.05, 0) is 25.7 Å². The molecule has 3 nitrogen and oxygen atoms in total. The van der Waals surface area contributed by atoms with Gasteiger partial charge in [-0.2, -0.15) is 0 Å². The molecule has 1 unspecified atom stereocenters. The number of hydrogen-bond acceptors (Lipinski definition) is 1. The van der Waals surface area contributed by atoms with Crippen molar-refractivity contribution < 1.29 is 0 Å². The van der Waals surface area contributed by atoms with Crippen LogP contribution in [-0.2, 0) is 0 Å². The first kappa shape index (κ1) is 9.36. The molecule has 1 saturated heterocycles. The van der Waals surface area contributed by atoms with Gasteiger partial charge in [0.2, 0.25) is 0 Å². The van der Waals surface area contributed by atoms with Crippen molar-refractivity contribution in [2.24, 2.45) is 16.6 Å². The Hall–Kier alpha value is -0.730. The zero-order valence-corrected chi connectivity index (χ0v) is 8.08. The molecular weight excluding hydrogens is 150 g/mol. The first-order valence-electron chi connectivity index (χ1n) is 4.79. The van der Waals surface area contributed by atoms with E-state index in [-0.39, 0.29) is 0 Å². The maximum atomic E-state index is 5.80. The summed E-state index contributed by atoms with van der Waals surface area (Å²) < 4.78 is 0. The number of rotatable bonds is 1. The van der Waals surface area contributed by atoms with E-state index in [1.165, 1.54) is 12.8 Å². The molecule has 0 amide bonds. The summed E-state index contributed by atoms with van der Waals surface area (Å²) >= 11 is 0. The fourth-order valence-electron chi connectivity index (χ4n) is 1.66. The molecule has 1 aliphatic rings. The third-order valence-corrected chi connectivity index (χ3v) is 2.30. The Kier molecular flexibility index (Phi) is 3.38. The molecule has 0 radical (unpaired) electrons. The van der Waals surface area contributed by atoms with Gasteiger partial charge in [-0.15, -0.1) is 0 Å². The smallest absolute Gasteiger partial charge is 0.191 e. The first-order valence-corrected chi connectivity index (χ1v) is 4.79. The summed E-state index contributed by atoms with van der Waals surface area (Å²) in [6.45, 7) is 7.23. The summed E-state index contributed by atoms with van der Waals surface area (Å²) in [6.07, 6.45) is 2.58.